The number of benzene rings is 2. The van der Waals surface area contributed by atoms with Gasteiger partial charge in [0.1, 0.15) is 12.4 Å². The molecule has 1 aliphatic carbocycles. The van der Waals surface area contributed by atoms with Crippen molar-refractivity contribution in [2.45, 2.75) is 13.0 Å². The molecule has 1 heterocycles. The number of carbonyl (C=O) groups excluding carboxylic acids is 1. The minimum atomic E-state index is -0.339. The van der Waals surface area contributed by atoms with Crippen LogP contribution in [0.5, 0.6) is 11.5 Å². The third kappa shape index (κ3) is 3.37. The standard InChI is InChI=1S/C21H21FN4O3/c1-23-19(27)11-26-20-15-10-18(29-3)17(28-2)8-12(15)7-16(20)21(25-26)24-14-6-4-5-13(22)9-14/h4-6,8-10H,7,11H2,1-3H3,(H,23,27)(H,24,25). The normalized spacial score (nSPS) is 11.6. The van der Waals surface area contributed by atoms with Crippen LogP contribution in [0.2, 0.25) is 0 Å². The van der Waals surface area contributed by atoms with Crippen molar-refractivity contribution in [3.05, 3.63) is 53.3 Å². The molecule has 8 heteroatoms. The quantitative estimate of drug-likeness (QED) is 0.524. The Morgan fingerprint density at radius 1 is 1.21 bits per heavy atom. The molecule has 0 fully saturated rings. The molecular formula is C21H21FN4O3. The molecule has 0 saturated heterocycles. The number of halogens is 1. The average Bonchev–Trinajstić information content (AvgIpc) is 3.24. The van der Waals surface area contributed by atoms with Crippen LogP contribution in [-0.2, 0) is 17.8 Å². The second kappa shape index (κ2) is 7.46. The van der Waals surface area contributed by atoms with Crippen molar-refractivity contribution in [3.63, 3.8) is 0 Å². The zero-order valence-electron chi connectivity index (χ0n) is 16.4. The number of methoxy groups -OCH3 is 2. The maximum atomic E-state index is 13.6. The van der Waals surface area contributed by atoms with Gasteiger partial charge in [-0.25, -0.2) is 4.39 Å². The van der Waals surface area contributed by atoms with Crippen molar-refractivity contribution in [1.29, 1.82) is 0 Å². The highest BCUT2D eigenvalue weighted by Crippen LogP contribution is 2.45. The van der Waals surface area contributed by atoms with E-state index < -0.39 is 0 Å². The lowest BCUT2D eigenvalue weighted by Gasteiger charge is -2.12. The van der Waals surface area contributed by atoms with Crippen LogP contribution in [0.25, 0.3) is 11.3 Å². The van der Waals surface area contributed by atoms with Crippen molar-refractivity contribution >= 4 is 17.4 Å². The molecule has 2 N–H and O–H groups in total. The predicted molar refractivity (Wildman–Crippen MR) is 107 cm³/mol. The Hall–Kier alpha value is -3.55. The third-order valence-corrected chi connectivity index (χ3v) is 4.94. The second-order valence-electron chi connectivity index (χ2n) is 6.68. The lowest BCUT2D eigenvalue weighted by atomic mass is 10.1. The highest BCUT2D eigenvalue weighted by Gasteiger charge is 2.30. The maximum absolute atomic E-state index is 13.6. The number of amides is 1. The zero-order chi connectivity index (χ0) is 20.5. The van der Waals surface area contributed by atoms with E-state index in [1.54, 1.807) is 38.1 Å². The molecule has 0 spiro atoms. The van der Waals surface area contributed by atoms with E-state index in [0.717, 1.165) is 22.4 Å². The number of rotatable bonds is 6. The smallest absolute Gasteiger partial charge is 0.241 e. The molecule has 3 aromatic rings. The van der Waals surface area contributed by atoms with Crippen LogP contribution < -0.4 is 20.1 Å². The Balaban J connectivity index is 1.82. The fourth-order valence-electron chi connectivity index (χ4n) is 3.58. The van der Waals surface area contributed by atoms with Gasteiger partial charge in [-0.15, -0.1) is 0 Å². The first-order valence-corrected chi connectivity index (χ1v) is 9.12. The number of anilines is 2. The van der Waals surface area contributed by atoms with Gasteiger partial charge in [-0.2, -0.15) is 5.10 Å². The fraction of sp³-hybridized carbons (Fsp3) is 0.238. The topological polar surface area (TPSA) is 77.4 Å². The Labute approximate surface area is 167 Å². The second-order valence-corrected chi connectivity index (χ2v) is 6.68. The summed E-state index contributed by atoms with van der Waals surface area (Å²) in [5.41, 5.74) is 4.33. The van der Waals surface area contributed by atoms with E-state index in [4.69, 9.17) is 9.47 Å². The molecule has 4 rings (SSSR count). The Morgan fingerprint density at radius 3 is 2.66 bits per heavy atom. The SMILES string of the molecule is CNC(=O)Cn1nc(Nc2cccc(F)c2)c2c1-c1cc(OC)c(OC)cc1C2. The summed E-state index contributed by atoms with van der Waals surface area (Å²) in [5.74, 6) is 1.33. The molecule has 29 heavy (non-hydrogen) atoms. The highest BCUT2D eigenvalue weighted by atomic mass is 19.1. The first kappa shape index (κ1) is 18.8. The number of fused-ring (bicyclic) bond motifs is 3. The van der Waals surface area contributed by atoms with E-state index in [0.29, 0.717) is 29.4 Å². The van der Waals surface area contributed by atoms with E-state index in [9.17, 15) is 9.18 Å². The summed E-state index contributed by atoms with van der Waals surface area (Å²) >= 11 is 0. The van der Waals surface area contributed by atoms with Gasteiger partial charge in [0.25, 0.3) is 0 Å². The van der Waals surface area contributed by atoms with Crippen LogP contribution in [0, 0.1) is 5.82 Å². The average molecular weight is 396 g/mol. The van der Waals surface area contributed by atoms with E-state index in [2.05, 4.69) is 15.7 Å². The molecular weight excluding hydrogens is 375 g/mol. The van der Waals surface area contributed by atoms with Crippen LogP contribution in [0.1, 0.15) is 11.1 Å². The van der Waals surface area contributed by atoms with E-state index >= 15 is 0 Å². The summed E-state index contributed by atoms with van der Waals surface area (Å²) in [5, 5.41) is 10.4. The summed E-state index contributed by atoms with van der Waals surface area (Å²) in [6, 6.07) is 10.0. The first-order valence-electron chi connectivity index (χ1n) is 9.12. The Bertz CT molecular complexity index is 1090. The van der Waals surface area contributed by atoms with Gasteiger partial charge in [-0.3, -0.25) is 9.48 Å². The van der Waals surface area contributed by atoms with Gasteiger partial charge in [0.2, 0.25) is 5.91 Å². The third-order valence-electron chi connectivity index (χ3n) is 4.94. The number of likely N-dealkylation sites (N-methyl/N-ethyl adjacent to an activating group) is 1. The number of hydrogen-bond acceptors (Lipinski definition) is 5. The van der Waals surface area contributed by atoms with Crippen molar-refractivity contribution in [1.82, 2.24) is 15.1 Å². The molecule has 1 aliphatic rings. The Kier molecular flexibility index (Phi) is 4.84. The molecule has 1 aromatic heterocycles. The highest BCUT2D eigenvalue weighted by molar-refractivity contribution is 5.84. The van der Waals surface area contributed by atoms with E-state index in [1.807, 2.05) is 12.1 Å². The number of ether oxygens (including phenoxy) is 2. The van der Waals surface area contributed by atoms with Gasteiger partial charge in [0.05, 0.1) is 19.9 Å². The van der Waals surface area contributed by atoms with Crippen molar-refractivity contribution in [2.75, 3.05) is 26.6 Å². The number of nitrogens with zero attached hydrogens (tertiary/aromatic N) is 2. The van der Waals surface area contributed by atoms with Crippen LogP contribution in [0.4, 0.5) is 15.9 Å². The predicted octanol–water partition coefficient (Wildman–Crippen LogP) is 3.10. The lowest BCUT2D eigenvalue weighted by molar-refractivity contribution is -0.121. The van der Waals surface area contributed by atoms with Gasteiger partial charge < -0.3 is 20.1 Å². The van der Waals surface area contributed by atoms with Crippen LogP contribution in [0.3, 0.4) is 0 Å². The molecule has 1 amide bonds. The van der Waals surface area contributed by atoms with Crippen LogP contribution in [-0.4, -0.2) is 37.0 Å². The van der Waals surface area contributed by atoms with Gasteiger partial charge in [0, 0.05) is 30.3 Å². The molecule has 0 saturated carbocycles. The molecule has 0 atom stereocenters. The van der Waals surface area contributed by atoms with E-state index in [1.165, 1.54) is 12.1 Å². The monoisotopic (exact) mass is 396 g/mol. The molecule has 0 unspecified atom stereocenters. The fourth-order valence-corrected chi connectivity index (χ4v) is 3.58. The van der Waals surface area contributed by atoms with Gasteiger partial charge >= 0.3 is 0 Å². The number of nitrogens with one attached hydrogen (secondary N) is 2. The summed E-state index contributed by atoms with van der Waals surface area (Å²) < 4.78 is 26.1. The molecule has 0 aliphatic heterocycles. The molecule has 7 nitrogen and oxygen atoms in total. The first-order chi connectivity index (χ1) is 14.0. The molecule has 0 radical (unpaired) electrons. The van der Waals surface area contributed by atoms with Gasteiger partial charge in [-0.1, -0.05) is 6.07 Å². The lowest BCUT2D eigenvalue weighted by Crippen LogP contribution is -2.24. The molecule has 0 bridgehead atoms. The largest absolute Gasteiger partial charge is 0.493 e. The zero-order valence-corrected chi connectivity index (χ0v) is 16.4. The van der Waals surface area contributed by atoms with Crippen LogP contribution >= 0.6 is 0 Å². The summed E-state index contributed by atoms with van der Waals surface area (Å²) in [6.45, 7) is 0.0669. The minimum absolute atomic E-state index is 0.0669. The molecule has 2 aromatic carbocycles. The summed E-state index contributed by atoms with van der Waals surface area (Å²) in [4.78, 5) is 12.0. The van der Waals surface area contributed by atoms with E-state index in [-0.39, 0.29) is 18.3 Å². The minimum Gasteiger partial charge on any atom is -0.493 e. The Morgan fingerprint density at radius 2 is 1.97 bits per heavy atom. The van der Waals surface area contributed by atoms with Gasteiger partial charge in [0.15, 0.2) is 17.3 Å². The van der Waals surface area contributed by atoms with Crippen molar-refractivity contribution in [3.8, 4) is 22.8 Å². The maximum Gasteiger partial charge on any atom is 0.241 e. The van der Waals surface area contributed by atoms with Crippen molar-refractivity contribution < 1.29 is 18.7 Å². The summed E-state index contributed by atoms with van der Waals surface area (Å²) in [7, 11) is 4.76. The number of aromatic nitrogens is 2. The number of hydrogen-bond donors (Lipinski definition) is 2. The number of carbonyl (C=O) groups is 1. The molecule has 150 valence electrons. The van der Waals surface area contributed by atoms with Gasteiger partial charge in [-0.05, 0) is 35.9 Å². The summed E-state index contributed by atoms with van der Waals surface area (Å²) in [6.07, 6.45) is 0.608. The van der Waals surface area contributed by atoms with Crippen LogP contribution in [0.15, 0.2) is 36.4 Å². The van der Waals surface area contributed by atoms with Crippen molar-refractivity contribution in [2.24, 2.45) is 0 Å².